The highest BCUT2D eigenvalue weighted by molar-refractivity contribution is 5.97. The van der Waals surface area contributed by atoms with Crippen LogP contribution in [0.3, 0.4) is 0 Å². The molecule has 9 heteroatoms. The monoisotopic (exact) mass is 465 g/mol. The average molecular weight is 466 g/mol. The molecule has 2 fully saturated rings. The summed E-state index contributed by atoms with van der Waals surface area (Å²) in [4.78, 5) is 45.0. The summed E-state index contributed by atoms with van der Waals surface area (Å²) in [7, 11) is 0. The first kappa shape index (κ1) is 23.7. The van der Waals surface area contributed by atoms with Crippen molar-refractivity contribution in [2.45, 2.75) is 52.0 Å². The maximum atomic E-state index is 13.4. The summed E-state index contributed by atoms with van der Waals surface area (Å²) in [6.45, 7) is 5.52. The number of nitro groups is 1. The first-order chi connectivity index (χ1) is 16.3. The van der Waals surface area contributed by atoms with Crippen molar-refractivity contribution in [2.75, 3.05) is 31.1 Å². The summed E-state index contributed by atoms with van der Waals surface area (Å²) in [5.74, 6) is -0.342. The van der Waals surface area contributed by atoms with E-state index in [0.717, 1.165) is 31.2 Å². The Morgan fingerprint density at radius 1 is 1.03 bits per heavy atom. The van der Waals surface area contributed by atoms with Gasteiger partial charge in [0.1, 0.15) is 11.2 Å². The van der Waals surface area contributed by atoms with Gasteiger partial charge >= 0.3 is 0 Å². The Bertz CT molecular complexity index is 1160. The van der Waals surface area contributed by atoms with Gasteiger partial charge in [0.2, 0.25) is 5.91 Å². The molecule has 4 rings (SSSR count). The topological polar surface area (TPSA) is 101 Å². The largest absolute Gasteiger partial charge is 0.362 e. The molecule has 2 aromatic rings. The molecule has 34 heavy (non-hydrogen) atoms. The summed E-state index contributed by atoms with van der Waals surface area (Å²) >= 11 is 0. The summed E-state index contributed by atoms with van der Waals surface area (Å²) in [5.41, 5.74) is 2.19. The Morgan fingerprint density at radius 2 is 1.74 bits per heavy atom. The molecular formula is C25H31N5O4. The SMILES string of the molecule is CC(=O)N1CCN(c2ccc(C(=O)n3ccc(C)cc3=NC3CCCCC3)cc2[N+](=O)[O-])CC1. The van der Waals surface area contributed by atoms with Crippen LogP contribution in [0.25, 0.3) is 0 Å². The molecule has 1 saturated heterocycles. The van der Waals surface area contributed by atoms with Gasteiger partial charge in [-0.3, -0.25) is 29.3 Å². The molecule has 1 amide bonds. The Balaban J connectivity index is 1.65. The van der Waals surface area contributed by atoms with Crippen molar-refractivity contribution < 1.29 is 14.5 Å². The van der Waals surface area contributed by atoms with E-state index >= 15 is 0 Å². The average Bonchev–Trinajstić information content (AvgIpc) is 2.84. The molecule has 0 spiro atoms. The van der Waals surface area contributed by atoms with E-state index in [9.17, 15) is 19.7 Å². The lowest BCUT2D eigenvalue weighted by Crippen LogP contribution is -2.48. The second kappa shape index (κ2) is 10.2. The molecule has 0 bridgehead atoms. The molecular weight excluding hydrogens is 434 g/mol. The van der Waals surface area contributed by atoms with Crippen LogP contribution in [0.5, 0.6) is 0 Å². The predicted molar refractivity (Wildman–Crippen MR) is 129 cm³/mol. The first-order valence-corrected chi connectivity index (χ1v) is 11.9. The van der Waals surface area contributed by atoms with E-state index in [0.29, 0.717) is 37.4 Å². The van der Waals surface area contributed by atoms with Crippen LogP contribution in [0.15, 0.2) is 41.5 Å². The Labute approximate surface area is 198 Å². The lowest BCUT2D eigenvalue weighted by Gasteiger charge is -2.35. The number of nitrogens with zero attached hydrogens (tertiary/aromatic N) is 5. The zero-order chi connectivity index (χ0) is 24.2. The van der Waals surface area contributed by atoms with Crippen LogP contribution in [-0.2, 0) is 4.79 Å². The van der Waals surface area contributed by atoms with E-state index < -0.39 is 4.92 Å². The number of rotatable bonds is 4. The van der Waals surface area contributed by atoms with Gasteiger partial charge in [-0.05, 0) is 49.6 Å². The molecule has 1 aromatic carbocycles. The summed E-state index contributed by atoms with van der Waals surface area (Å²) < 4.78 is 1.49. The number of benzene rings is 1. The van der Waals surface area contributed by atoms with E-state index in [1.807, 2.05) is 24.0 Å². The fraction of sp³-hybridized carbons (Fsp3) is 0.480. The van der Waals surface area contributed by atoms with Gasteiger partial charge in [-0.25, -0.2) is 0 Å². The van der Waals surface area contributed by atoms with Crippen molar-refractivity contribution in [2.24, 2.45) is 4.99 Å². The number of anilines is 1. The zero-order valence-electron chi connectivity index (χ0n) is 19.8. The molecule has 1 saturated carbocycles. The first-order valence-electron chi connectivity index (χ1n) is 11.9. The minimum Gasteiger partial charge on any atom is -0.362 e. The number of nitro benzene ring substituents is 1. The maximum Gasteiger partial charge on any atom is 0.293 e. The molecule has 1 aliphatic heterocycles. The molecule has 2 heterocycles. The Morgan fingerprint density at radius 3 is 2.38 bits per heavy atom. The second-order valence-corrected chi connectivity index (χ2v) is 9.11. The minimum atomic E-state index is -0.448. The predicted octanol–water partition coefficient (Wildman–Crippen LogP) is 3.30. The molecule has 0 unspecified atom stereocenters. The standard InChI is InChI=1S/C25H31N5O4/c1-18-10-11-29(24(16-18)26-21-6-4-3-5-7-21)25(32)20-8-9-22(23(17-20)30(33)34)28-14-12-27(13-15-28)19(2)31/h8-11,16-17,21H,3-7,12-15H2,1-2H3. The number of hydrogen-bond donors (Lipinski definition) is 0. The van der Waals surface area contributed by atoms with E-state index in [1.165, 1.54) is 24.0 Å². The van der Waals surface area contributed by atoms with E-state index in [-0.39, 0.29) is 29.1 Å². The number of carbonyl (C=O) groups excluding carboxylic acids is 2. The summed E-state index contributed by atoms with van der Waals surface area (Å²) in [5, 5.41) is 11.9. The molecule has 180 valence electrons. The highest BCUT2D eigenvalue weighted by atomic mass is 16.6. The van der Waals surface area contributed by atoms with Gasteiger partial charge in [-0.1, -0.05) is 19.3 Å². The van der Waals surface area contributed by atoms with Gasteiger partial charge in [0.05, 0.1) is 11.0 Å². The minimum absolute atomic E-state index is 0.000313. The van der Waals surface area contributed by atoms with Crippen LogP contribution >= 0.6 is 0 Å². The van der Waals surface area contributed by atoms with Gasteiger partial charge in [0, 0.05) is 50.9 Å². The van der Waals surface area contributed by atoms with E-state index in [2.05, 4.69) is 0 Å². The smallest absolute Gasteiger partial charge is 0.293 e. The number of amides is 1. The van der Waals surface area contributed by atoms with E-state index in [4.69, 9.17) is 4.99 Å². The zero-order valence-corrected chi connectivity index (χ0v) is 19.8. The van der Waals surface area contributed by atoms with Gasteiger partial charge in [-0.15, -0.1) is 0 Å². The number of piperazine rings is 1. The number of pyridine rings is 1. The van der Waals surface area contributed by atoms with Gasteiger partial charge in [0.25, 0.3) is 11.6 Å². The molecule has 9 nitrogen and oxygen atoms in total. The van der Waals surface area contributed by atoms with Crippen molar-refractivity contribution >= 4 is 23.2 Å². The van der Waals surface area contributed by atoms with Crippen LogP contribution < -0.4 is 10.4 Å². The molecule has 0 N–H and O–H groups in total. The number of carbonyl (C=O) groups is 2. The quantitative estimate of drug-likeness (QED) is 0.509. The van der Waals surface area contributed by atoms with Crippen LogP contribution in [-0.4, -0.2) is 58.4 Å². The van der Waals surface area contributed by atoms with Crippen molar-refractivity contribution in [3.8, 4) is 0 Å². The van der Waals surface area contributed by atoms with Crippen LogP contribution in [0.4, 0.5) is 11.4 Å². The van der Waals surface area contributed by atoms with Gasteiger partial charge in [-0.2, -0.15) is 0 Å². The third kappa shape index (κ3) is 5.18. The highest BCUT2D eigenvalue weighted by Gasteiger charge is 2.26. The molecule has 0 atom stereocenters. The Hall–Kier alpha value is -3.49. The number of aryl methyl sites for hydroxylation is 1. The Kier molecular flexibility index (Phi) is 7.09. The lowest BCUT2D eigenvalue weighted by molar-refractivity contribution is -0.384. The third-order valence-corrected chi connectivity index (χ3v) is 6.68. The van der Waals surface area contributed by atoms with Crippen LogP contribution in [0.2, 0.25) is 0 Å². The van der Waals surface area contributed by atoms with Crippen molar-refractivity contribution in [1.82, 2.24) is 9.47 Å². The number of hydrogen-bond acceptors (Lipinski definition) is 6. The fourth-order valence-electron chi connectivity index (χ4n) is 4.73. The normalized spacial score (nSPS) is 17.6. The van der Waals surface area contributed by atoms with Gasteiger partial charge in [0.15, 0.2) is 0 Å². The van der Waals surface area contributed by atoms with Crippen LogP contribution in [0, 0.1) is 17.0 Å². The molecule has 1 aromatic heterocycles. The third-order valence-electron chi connectivity index (χ3n) is 6.68. The van der Waals surface area contributed by atoms with Crippen molar-refractivity contribution in [1.29, 1.82) is 0 Å². The lowest BCUT2D eigenvalue weighted by atomic mass is 9.96. The summed E-state index contributed by atoms with van der Waals surface area (Å²) in [6, 6.07) is 8.56. The maximum absolute atomic E-state index is 13.4. The molecule has 1 aliphatic carbocycles. The van der Waals surface area contributed by atoms with Crippen molar-refractivity contribution in [3.05, 3.63) is 63.3 Å². The van der Waals surface area contributed by atoms with Gasteiger partial charge < -0.3 is 9.80 Å². The van der Waals surface area contributed by atoms with E-state index in [1.54, 1.807) is 23.2 Å². The highest BCUT2D eigenvalue weighted by Crippen LogP contribution is 2.30. The fourth-order valence-corrected chi connectivity index (χ4v) is 4.73. The second-order valence-electron chi connectivity index (χ2n) is 9.11. The van der Waals surface area contributed by atoms with Crippen molar-refractivity contribution in [3.63, 3.8) is 0 Å². The molecule has 2 aliphatic rings. The van der Waals surface area contributed by atoms with Crippen LogP contribution in [0.1, 0.15) is 54.9 Å². The molecule has 0 radical (unpaired) electrons. The summed E-state index contributed by atoms with van der Waals surface area (Å²) in [6.07, 6.45) is 7.22. The number of aromatic nitrogens is 1.